The molecule has 0 spiro atoms. The quantitative estimate of drug-likeness (QED) is 0.641. The lowest BCUT2D eigenvalue weighted by Gasteiger charge is -2.26. The monoisotopic (exact) mass is 393 g/mol. The zero-order chi connectivity index (χ0) is 17.5. The average molecular weight is 394 g/mol. The topological polar surface area (TPSA) is 47.4 Å². The SMILES string of the molecule is CC(C)N(Cc1cnn(C)c1)C(=O)CCCOc1cccc(Br)c1. The van der Waals surface area contributed by atoms with Gasteiger partial charge in [0.1, 0.15) is 5.75 Å². The maximum Gasteiger partial charge on any atom is 0.223 e. The molecule has 2 rings (SSSR count). The van der Waals surface area contributed by atoms with E-state index in [2.05, 4.69) is 21.0 Å². The molecular weight excluding hydrogens is 370 g/mol. The number of hydrogen-bond acceptors (Lipinski definition) is 3. The fourth-order valence-corrected chi connectivity index (χ4v) is 2.80. The first-order valence-electron chi connectivity index (χ1n) is 8.11. The van der Waals surface area contributed by atoms with E-state index in [4.69, 9.17) is 4.74 Å². The van der Waals surface area contributed by atoms with Crippen molar-refractivity contribution >= 4 is 21.8 Å². The first kappa shape index (κ1) is 18.5. The Kier molecular flexibility index (Phi) is 6.85. The second kappa shape index (κ2) is 8.87. The van der Waals surface area contributed by atoms with Crippen molar-refractivity contribution in [2.45, 2.75) is 39.3 Å². The van der Waals surface area contributed by atoms with E-state index in [1.807, 2.05) is 56.3 Å². The fourth-order valence-electron chi connectivity index (χ4n) is 2.42. The number of benzene rings is 1. The second-order valence-corrected chi connectivity index (χ2v) is 6.96. The highest BCUT2D eigenvalue weighted by Gasteiger charge is 2.17. The Morgan fingerprint density at radius 2 is 2.21 bits per heavy atom. The number of aryl methyl sites for hydroxylation is 1. The van der Waals surface area contributed by atoms with Crippen molar-refractivity contribution in [3.8, 4) is 5.75 Å². The van der Waals surface area contributed by atoms with Gasteiger partial charge in [-0.15, -0.1) is 0 Å². The van der Waals surface area contributed by atoms with Crippen LogP contribution in [0.3, 0.4) is 0 Å². The van der Waals surface area contributed by atoms with Crippen LogP contribution < -0.4 is 4.74 Å². The van der Waals surface area contributed by atoms with Gasteiger partial charge in [-0.25, -0.2) is 0 Å². The van der Waals surface area contributed by atoms with E-state index >= 15 is 0 Å². The first-order chi connectivity index (χ1) is 11.5. The molecule has 1 heterocycles. The molecule has 0 aliphatic carbocycles. The van der Waals surface area contributed by atoms with Crippen LogP contribution in [-0.2, 0) is 18.4 Å². The Morgan fingerprint density at radius 1 is 1.42 bits per heavy atom. The van der Waals surface area contributed by atoms with Crippen LogP contribution in [0.1, 0.15) is 32.3 Å². The summed E-state index contributed by atoms with van der Waals surface area (Å²) in [6, 6.07) is 7.87. The Hall–Kier alpha value is -1.82. The lowest BCUT2D eigenvalue weighted by Crippen LogP contribution is -2.36. The van der Waals surface area contributed by atoms with Crippen LogP contribution in [0.25, 0.3) is 0 Å². The largest absolute Gasteiger partial charge is 0.494 e. The number of nitrogens with zero attached hydrogens (tertiary/aromatic N) is 3. The molecule has 0 radical (unpaired) electrons. The molecule has 0 aliphatic heterocycles. The van der Waals surface area contributed by atoms with Gasteiger partial charge in [-0.2, -0.15) is 5.10 Å². The summed E-state index contributed by atoms with van der Waals surface area (Å²) >= 11 is 3.41. The third-order valence-corrected chi connectivity index (χ3v) is 4.15. The number of halogens is 1. The number of hydrogen-bond donors (Lipinski definition) is 0. The van der Waals surface area contributed by atoms with Gasteiger partial charge in [0.2, 0.25) is 5.91 Å². The molecule has 0 saturated heterocycles. The van der Waals surface area contributed by atoms with Crippen molar-refractivity contribution in [1.82, 2.24) is 14.7 Å². The minimum Gasteiger partial charge on any atom is -0.494 e. The summed E-state index contributed by atoms with van der Waals surface area (Å²) in [6.07, 6.45) is 4.92. The number of carbonyl (C=O) groups excluding carboxylic acids is 1. The number of ether oxygens (including phenoxy) is 1. The van der Waals surface area contributed by atoms with Gasteiger partial charge in [0.25, 0.3) is 0 Å². The summed E-state index contributed by atoms with van der Waals surface area (Å²) in [4.78, 5) is 14.4. The third kappa shape index (κ3) is 5.67. The Bertz CT molecular complexity index is 670. The molecule has 130 valence electrons. The normalized spacial score (nSPS) is 10.9. The van der Waals surface area contributed by atoms with Gasteiger partial charge < -0.3 is 9.64 Å². The third-order valence-electron chi connectivity index (χ3n) is 3.65. The number of aromatic nitrogens is 2. The van der Waals surface area contributed by atoms with Crippen molar-refractivity contribution in [2.24, 2.45) is 7.05 Å². The standard InChI is InChI=1S/C18H24BrN3O2/c1-14(2)22(13-15-11-20-21(3)12-15)18(23)8-5-9-24-17-7-4-6-16(19)10-17/h4,6-7,10-12,14H,5,8-9,13H2,1-3H3. The van der Waals surface area contributed by atoms with Crippen LogP contribution in [0.2, 0.25) is 0 Å². The van der Waals surface area contributed by atoms with E-state index in [9.17, 15) is 4.79 Å². The lowest BCUT2D eigenvalue weighted by molar-refractivity contribution is -0.133. The van der Waals surface area contributed by atoms with Crippen LogP contribution in [0, 0.1) is 0 Å². The molecule has 5 nitrogen and oxygen atoms in total. The smallest absolute Gasteiger partial charge is 0.223 e. The van der Waals surface area contributed by atoms with Crippen LogP contribution in [0.5, 0.6) is 5.75 Å². The predicted molar refractivity (Wildman–Crippen MR) is 97.8 cm³/mol. The number of amides is 1. The summed E-state index contributed by atoms with van der Waals surface area (Å²) in [5, 5.41) is 4.16. The van der Waals surface area contributed by atoms with Crippen molar-refractivity contribution in [3.63, 3.8) is 0 Å². The van der Waals surface area contributed by atoms with Gasteiger partial charge in [-0.1, -0.05) is 22.0 Å². The summed E-state index contributed by atoms with van der Waals surface area (Å²) in [5.41, 5.74) is 1.05. The van der Waals surface area contributed by atoms with Gasteiger partial charge in [0, 0.05) is 42.3 Å². The molecule has 0 saturated carbocycles. The molecule has 6 heteroatoms. The maximum absolute atomic E-state index is 12.5. The predicted octanol–water partition coefficient (Wildman–Crippen LogP) is 3.78. The highest BCUT2D eigenvalue weighted by atomic mass is 79.9. The lowest BCUT2D eigenvalue weighted by atomic mass is 10.2. The first-order valence-corrected chi connectivity index (χ1v) is 8.90. The van der Waals surface area contributed by atoms with Crippen LogP contribution in [0.4, 0.5) is 0 Å². The van der Waals surface area contributed by atoms with Crippen molar-refractivity contribution < 1.29 is 9.53 Å². The molecule has 1 amide bonds. The molecule has 0 atom stereocenters. The van der Waals surface area contributed by atoms with Crippen molar-refractivity contribution in [2.75, 3.05) is 6.61 Å². The molecule has 0 aliphatic rings. The number of carbonyl (C=O) groups is 1. The van der Waals surface area contributed by atoms with E-state index in [-0.39, 0.29) is 11.9 Å². The minimum atomic E-state index is 0.145. The Balaban J connectivity index is 1.80. The molecule has 0 unspecified atom stereocenters. The highest BCUT2D eigenvalue weighted by molar-refractivity contribution is 9.10. The maximum atomic E-state index is 12.5. The van der Waals surface area contributed by atoms with Gasteiger partial charge in [0.15, 0.2) is 0 Å². The van der Waals surface area contributed by atoms with Crippen LogP contribution >= 0.6 is 15.9 Å². The molecule has 1 aromatic carbocycles. The second-order valence-electron chi connectivity index (χ2n) is 6.05. The van der Waals surface area contributed by atoms with E-state index in [1.165, 1.54) is 0 Å². The highest BCUT2D eigenvalue weighted by Crippen LogP contribution is 2.18. The van der Waals surface area contributed by atoms with Crippen molar-refractivity contribution in [3.05, 3.63) is 46.7 Å². The summed E-state index contributed by atoms with van der Waals surface area (Å²) in [5.74, 6) is 0.958. The summed E-state index contributed by atoms with van der Waals surface area (Å²) in [6.45, 7) is 5.19. The van der Waals surface area contributed by atoms with Crippen LogP contribution in [-0.4, -0.2) is 33.2 Å². The molecule has 0 bridgehead atoms. The van der Waals surface area contributed by atoms with Gasteiger partial charge in [-0.3, -0.25) is 9.48 Å². The molecule has 24 heavy (non-hydrogen) atoms. The van der Waals surface area contributed by atoms with Gasteiger partial charge in [-0.05, 0) is 38.5 Å². The van der Waals surface area contributed by atoms with Gasteiger partial charge in [0.05, 0.1) is 12.8 Å². The summed E-state index contributed by atoms with van der Waals surface area (Å²) in [7, 11) is 1.88. The molecule has 1 aromatic heterocycles. The minimum absolute atomic E-state index is 0.145. The summed E-state index contributed by atoms with van der Waals surface area (Å²) < 4.78 is 8.42. The molecule has 2 aromatic rings. The van der Waals surface area contributed by atoms with Gasteiger partial charge >= 0.3 is 0 Å². The molecular formula is C18H24BrN3O2. The van der Waals surface area contributed by atoms with E-state index in [0.717, 1.165) is 15.8 Å². The Morgan fingerprint density at radius 3 is 2.83 bits per heavy atom. The Labute approximate surface area is 151 Å². The molecule has 0 N–H and O–H groups in total. The number of rotatable bonds is 8. The van der Waals surface area contributed by atoms with E-state index < -0.39 is 0 Å². The fraction of sp³-hybridized carbons (Fsp3) is 0.444. The average Bonchev–Trinajstić information content (AvgIpc) is 2.94. The van der Waals surface area contributed by atoms with E-state index in [1.54, 1.807) is 10.9 Å². The zero-order valence-electron chi connectivity index (χ0n) is 14.4. The van der Waals surface area contributed by atoms with Crippen molar-refractivity contribution in [1.29, 1.82) is 0 Å². The molecule has 0 fully saturated rings. The van der Waals surface area contributed by atoms with E-state index in [0.29, 0.717) is 26.0 Å². The van der Waals surface area contributed by atoms with Crippen LogP contribution in [0.15, 0.2) is 41.1 Å². The zero-order valence-corrected chi connectivity index (χ0v) is 16.0.